The van der Waals surface area contributed by atoms with Crippen LogP contribution in [-0.4, -0.2) is 43.8 Å². The van der Waals surface area contributed by atoms with E-state index in [0.717, 1.165) is 54.6 Å². The van der Waals surface area contributed by atoms with Crippen molar-refractivity contribution in [2.24, 2.45) is 5.92 Å². The third kappa shape index (κ3) is 4.22. The molecule has 0 unspecified atom stereocenters. The fourth-order valence-electron chi connectivity index (χ4n) is 3.47. The molecule has 0 atom stereocenters. The number of aromatic nitrogens is 1. The van der Waals surface area contributed by atoms with Crippen LogP contribution in [0, 0.1) is 19.8 Å². The van der Waals surface area contributed by atoms with Gasteiger partial charge in [-0.25, -0.2) is 4.98 Å². The number of rotatable bonds is 6. The molecule has 3 rings (SSSR count). The number of ether oxygens (including phenoxy) is 2. The summed E-state index contributed by atoms with van der Waals surface area (Å²) in [6.45, 7) is 7.94. The quantitative estimate of drug-likeness (QED) is 0.797. The normalized spacial score (nSPS) is 16.3. The summed E-state index contributed by atoms with van der Waals surface area (Å²) in [4.78, 5) is 7.21. The maximum atomic E-state index is 5.93. The lowest BCUT2D eigenvalue weighted by Crippen LogP contribution is -2.34. The average molecular weight is 344 g/mol. The molecule has 0 saturated carbocycles. The third-order valence-electron chi connectivity index (χ3n) is 5.02. The van der Waals surface area contributed by atoms with E-state index in [1.165, 1.54) is 12.8 Å². The molecule has 2 heterocycles. The first kappa shape index (κ1) is 18.0. The van der Waals surface area contributed by atoms with Crippen LogP contribution in [0.5, 0.6) is 5.75 Å². The second-order valence-electron chi connectivity index (χ2n) is 6.88. The van der Waals surface area contributed by atoms with E-state index in [-0.39, 0.29) is 0 Å². The monoisotopic (exact) mass is 344 g/mol. The Hall–Kier alpha value is -1.85. The lowest BCUT2D eigenvalue weighted by Gasteiger charge is -2.31. The Morgan fingerprint density at radius 3 is 2.60 bits per heavy atom. The van der Waals surface area contributed by atoms with Crippen molar-refractivity contribution in [3.8, 4) is 17.2 Å². The van der Waals surface area contributed by atoms with E-state index in [1.807, 2.05) is 26.0 Å². The predicted molar refractivity (Wildman–Crippen MR) is 97.8 cm³/mol. The van der Waals surface area contributed by atoms with Crippen molar-refractivity contribution in [3.63, 3.8) is 0 Å². The fourth-order valence-corrected chi connectivity index (χ4v) is 3.47. The van der Waals surface area contributed by atoms with E-state index >= 15 is 0 Å². The highest BCUT2D eigenvalue weighted by Crippen LogP contribution is 2.28. The number of likely N-dealkylation sites (tertiary alicyclic amines) is 1. The maximum Gasteiger partial charge on any atom is 0.226 e. The van der Waals surface area contributed by atoms with Crippen LogP contribution in [0.15, 0.2) is 22.6 Å². The molecule has 0 bridgehead atoms. The van der Waals surface area contributed by atoms with Crippen LogP contribution in [0.4, 0.5) is 0 Å². The molecule has 1 aliphatic heterocycles. The molecule has 1 aromatic carbocycles. The molecule has 5 nitrogen and oxygen atoms in total. The van der Waals surface area contributed by atoms with Crippen molar-refractivity contribution < 1.29 is 13.9 Å². The molecule has 25 heavy (non-hydrogen) atoms. The smallest absolute Gasteiger partial charge is 0.226 e. The first-order valence-corrected chi connectivity index (χ1v) is 8.93. The summed E-state index contributed by atoms with van der Waals surface area (Å²) in [5, 5.41) is 0. The van der Waals surface area contributed by atoms with Gasteiger partial charge in [-0.05, 0) is 69.5 Å². The van der Waals surface area contributed by atoms with Crippen LogP contribution < -0.4 is 4.74 Å². The number of oxazole rings is 1. The van der Waals surface area contributed by atoms with Crippen LogP contribution in [0.1, 0.15) is 29.9 Å². The molecule has 0 aliphatic carbocycles. The van der Waals surface area contributed by atoms with Gasteiger partial charge < -0.3 is 13.9 Å². The molecule has 1 saturated heterocycles. The molecule has 0 radical (unpaired) electrons. The van der Waals surface area contributed by atoms with Gasteiger partial charge in [0, 0.05) is 25.8 Å². The molecule has 0 amide bonds. The van der Waals surface area contributed by atoms with Gasteiger partial charge in [-0.2, -0.15) is 0 Å². The molecule has 1 fully saturated rings. The molecule has 0 spiro atoms. The lowest BCUT2D eigenvalue weighted by molar-refractivity contribution is 0.0962. The van der Waals surface area contributed by atoms with Gasteiger partial charge in [0.25, 0.3) is 0 Å². The van der Waals surface area contributed by atoms with Gasteiger partial charge in [-0.3, -0.25) is 4.90 Å². The van der Waals surface area contributed by atoms with Crippen LogP contribution in [0.2, 0.25) is 0 Å². The van der Waals surface area contributed by atoms with Crippen LogP contribution in [0.3, 0.4) is 0 Å². The van der Waals surface area contributed by atoms with E-state index in [4.69, 9.17) is 18.9 Å². The Labute approximate surface area is 149 Å². The Bertz CT molecular complexity index is 703. The summed E-state index contributed by atoms with van der Waals surface area (Å²) in [5.41, 5.74) is 3.11. The first-order chi connectivity index (χ1) is 12.1. The third-order valence-corrected chi connectivity index (χ3v) is 5.02. The molecule has 5 heteroatoms. The zero-order chi connectivity index (χ0) is 17.8. The average Bonchev–Trinajstić information content (AvgIpc) is 2.97. The first-order valence-electron chi connectivity index (χ1n) is 8.93. The maximum absolute atomic E-state index is 5.93. The van der Waals surface area contributed by atoms with Crippen LogP contribution >= 0.6 is 0 Å². The second kappa shape index (κ2) is 8.02. The lowest BCUT2D eigenvalue weighted by atomic mass is 9.98. The SMILES string of the molecule is COCC1CCN(Cc2nc(-c3ccc(OC)c(C)c3)oc2C)CC1. The Morgan fingerprint density at radius 2 is 1.96 bits per heavy atom. The van der Waals surface area contributed by atoms with Crippen LogP contribution in [0.25, 0.3) is 11.5 Å². The van der Waals surface area contributed by atoms with E-state index < -0.39 is 0 Å². The van der Waals surface area contributed by atoms with Gasteiger partial charge >= 0.3 is 0 Å². The molecular formula is C20H28N2O3. The number of nitrogens with zero attached hydrogens (tertiary/aromatic N) is 2. The minimum Gasteiger partial charge on any atom is -0.496 e. The molecule has 1 aromatic heterocycles. The highest BCUT2D eigenvalue weighted by Gasteiger charge is 2.21. The minimum atomic E-state index is 0.688. The summed E-state index contributed by atoms with van der Waals surface area (Å²) in [5.74, 6) is 3.17. The molecule has 1 aliphatic rings. The number of benzene rings is 1. The number of methoxy groups -OCH3 is 2. The van der Waals surface area contributed by atoms with Gasteiger partial charge in [0.2, 0.25) is 5.89 Å². The van der Waals surface area contributed by atoms with Crippen molar-refractivity contribution >= 4 is 0 Å². The van der Waals surface area contributed by atoms with Crippen molar-refractivity contribution in [3.05, 3.63) is 35.2 Å². The molecular weight excluding hydrogens is 316 g/mol. The Balaban J connectivity index is 1.68. The Kier molecular flexibility index (Phi) is 5.76. The van der Waals surface area contributed by atoms with Crippen molar-refractivity contribution in [1.29, 1.82) is 0 Å². The molecule has 136 valence electrons. The summed E-state index contributed by atoms with van der Waals surface area (Å²) < 4.78 is 16.5. The summed E-state index contributed by atoms with van der Waals surface area (Å²) in [6, 6.07) is 6.02. The van der Waals surface area contributed by atoms with E-state index in [9.17, 15) is 0 Å². The van der Waals surface area contributed by atoms with E-state index in [2.05, 4.69) is 11.0 Å². The largest absolute Gasteiger partial charge is 0.496 e. The van der Waals surface area contributed by atoms with Gasteiger partial charge in [-0.1, -0.05) is 0 Å². The fraction of sp³-hybridized carbons (Fsp3) is 0.550. The summed E-state index contributed by atoms with van der Waals surface area (Å²) in [6.07, 6.45) is 2.38. The molecule has 2 aromatic rings. The predicted octanol–water partition coefficient (Wildman–Crippen LogP) is 3.83. The van der Waals surface area contributed by atoms with Gasteiger partial charge in [0.15, 0.2) is 0 Å². The van der Waals surface area contributed by atoms with Crippen molar-refractivity contribution in [2.75, 3.05) is 33.9 Å². The zero-order valence-electron chi connectivity index (χ0n) is 15.7. The van der Waals surface area contributed by atoms with Gasteiger partial charge in [0.05, 0.1) is 12.8 Å². The Morgan fingerprint density at radius 1 is 1.20 bits per heavy atom. The van der Waals surface area contributed by atoms with Gasteiger partial charge in [-0.15, -0.1) is 0 Å². The number of hydrogen-bond donors (Lipinski definition) is 0. The standard InChI is InChI=1S/C20H28N2O3/c1-14-11-17(5-6-19(14)24-4)20-21-18(15(2)25-20)12-22-9-7-16(8-10-22)13-23-3/h5-6,11,16H,7-10,12-13H2,1-4H3. The van der Waals surface area contributed by atoms with E-state index in [0.29, 0.717) is 11.8 Å². The highest BCUT2D eigenvalue weighted by atomic mass is 16.5. The van der Waals surface area contributed by atoms with Gasteiger partial charge in [0.1, 0.15) is 11.5 Å². The van der Waals surface area contributed by atoms with E-state index in [1.54, 1.807) is 14.2 Å². The second-order valence-corrected chi connectivity index (χ2v) is 6.88. The topological polar surface area (TPSA) is 47.7 Å². The number of hydrogen-bond acceptors (Lipinski definition) is 5. The van der Waals surface area contributed by atoms with Crippen LogP contribution in [-0.2, 0) is 11.3 Å². The van der Waals surface area contributed by atoms with Crippen molar-refractivity contribution in [1.82, 2.24) is 9.88 Å². The molecule has 0 N–H and O–H groups in total. The summed E-state index contributed by atoms with van der Waals surface area (Å²) >= 11 is 0. The minimum absolute atomic E-state index is 0.688. The van der Waals surface area contributed by atoms with Crippen molar-refractivity contribution in [2.45, 2.75) is 33.2 Å². The zero-order valence-corrected chi connectivity index (χ0v) is 15.7. The number of aryl methyl sites for hydroxylation is 2. The summed E-state index contributed by atoms with van der Waals surface area (Å²) in [7, 11) is 3.47. The highest BCUT2D eigenvalue weighted by molar-refractivity contribution is 5.57. The number of piperidine rings is 1.